The molecule has 0 saturated carbocycles. The maximum Gasteiger partial charge on any atom is 0.314 e. The molecule has 0 radical (unpaired) electrons. The summed E-state index contributed by atoms with van der Waals surface area (Å²) < 4.78 is 1.64. The third-order valence-electron chi connectivity index (χ3n) is 4.05. The summed E-state index contributed by atoms with van der Waals surface area (Å²) >= 11 is 9.34. The van der Waals surface area contributed by atoms with Gasteiger partial charge in [0.2, 0.25) is 0 Å². The summed E-state index contributed by atoms with van der Waals surface area (Å²) in [6, 6.07) is 11.0. The predicted octanol–water partition coefficient (Wildman–Crippen LogP) is 3.59. The molecule has 0 aliphatic carbocycles. The first-order valence-corrected chi connectivity index (χ1v) is 10.6. The van der Waals surface area contributed by atoms with E-state index in [1.165, 1.54) is 11.3 Å². The maximum absolute atomic E-state index is 12.4. The molecule has 1 aliphatic rings. The van der Waals surface area contributed by atoms with Gasteiger partial charge in [-0.3, -0.25) is 9.59 Å². The van der Waals surface area contributed by atoms with Gasteiger partial charge in [-0.05, 0) is 29.6 Å². The molecule has 0 bridgehead atoms. The van der Waals surface area contributed by atoms with Gasteiger partial charge in [0.25, 0.3) is 0 Å². The summed E-state index contributed by atoms with van der Waals surface area (Å²) in [7, 11) is 0. The number of hydrogen-bond donors (Lipinski definition) is 2. The van der Waals surface area contributed by atoms with Crippen molar-refractivity contribution in [3.63, 3.8) is 0 Å². The fourth-order valence-electron chi connectivity index (χ4n) is 2.76. The zero-order chi connectivity index (χ0) is 18.8. The average molecular weight is 419 g/mol. The van der Waals surface area contributed by atoms with Gasteiger partial charge in [-0.25, -0.2) is 4.68 Å². The van der Waals surface area contributed by atoms with E-state index in [1.54, 1.807) is 28.6 Å². The zero-order valence-electron chi connectivity index (χ0n) is 14.1. The normalized spacial score (nSPS) is 12.6. The highest BCUT2D eigenvalue weighted by molar-refractivity contribution is 7.98. The Morgan fingerprint density at radius 3 is 2.85 bits per heavy atom. The first kappa shape index (κ1) is 18.1. The molecule has 1 aromatic carbocycles. The standard InChI is InChI=1S/C18H15ClN4O2S2/c19-11-3-1-4-12(7-11)23-16(14-9-26-10-15(14)22-23)21-18(25)17(24)20-8-13-5-2-6-27-13/h1-7H,8-10H2,(H,20,24)(H,21,25). The third kappa shape index (κ3) is 3.87. The molecular formula is C18H15ClN4O2S2. The van der Waals surface area contributed by atoms with Crippen molar-refractivity contribution in [2.75, 3.05) is 5.32 Å². The Balaban J connectivity index is 1.56. The van der Waals surface area contributed by atoms with E-state index in [2.05, 4.69) is 15.7 Å². The zero-order valence-corrected chi connectivity index (χ0v) is 16.5. The fourth-order valence-corrected chi connectivity index (χ4v) is 4.63. The number of carbonyl (C=O) groups excluding carboxylic acids is 2. The number of benzene rings is 1. The van der Waals surface area contributed by atoms with E-state index in [0.29, 0.717) is 17.4 Å². The minimum Gasteiger partial charge on any atom is -0.343 e. The Morgan fingerprint density at radius 2 is 2.07 bits per heavy atom. The number of nitrogens with zero attached hydrogens (tertiary/aromatic N) is 2. The quantitative estimate of drug-likeness (QED) is 0.635. The van der Waals surface area contributed by atoms with Crippen LogP contribution in [0.15, 0.2) is 41.8 Å². The largest absolute Gasteiger partial charge is 0.343 e. The van der Waals surface area contributed by atoms with Gasteiger partial charge in [-0.15, -0.1) is 11.3 Å². The molecule has 4 rings (SSSR count). The molecule has 2 aromatic heterocycles. The number of aromatic nitrogens is 2. The molecule has 0 fully saturated rings. The number of thiophene rings is 1. The van der Waals surface area contributed by atoms with Gasteiger partial charge in [0.1, 0.15) is 5.82 Å². The number of hydrogen-bond acceptors (Lipinski definition) is 5. The van der Waals surface area contributed by atoms with Gasteiger partial charge >= 0.3 is 11.8 Å². The highest BCUT2D eigenvalue weighted by Crippen LogP contribution is 2.36. The van der Waals surface area contributed by atoms with Gasteiger partial charge in [-0.2, -0.15) is 16.9 Å². The van der Waals surface area contributed by atoms with Crippen molar-refractivity contribution in [2.45, 2.75) is 18.1 Å². The molecule has 0 unspecified atom stereocenters. The lowest BCUT2D eigenvalue weighted by Gasteiger charge is -2.11. The first-order chi connectivity index (χ1) is 13.1. The van der Waals surface area contributed by atoms with Gasteiger partial charge in [0, 0.05) is 27.0 Å². The summed E-state index contributed by atoms with van der Waals surface area (Å²) in [5, 5.41) is 12.5. The molecule has 0 atom stereocenters. The lowest BCUT2D eigenvalue weighted by Crippen LogP contribution is -2.35. The van der Waals surface area contributed by atoms with Crippen LogP contribution in [0.25, 0.3) is 5.69 Å². The van der Waals surface area contributed by atoms with Crippen LogP contribution < -0.4 is 10.6 Å². The maximum atomic E-state index is 12.4. The molecule has 9 heteroatoms. The Kier molecular flexibility index (Phi) is 5.20. The minimum atomic E-state index is -0.713. The Labute approximate surface area is 168 Å². The van der Waals surface area contributed by atoms with E-state index < -0.39 is 11.8 Å². The van der Waals surface area contributed by atoms with Crippen LogP contribution in [0.1, 0.15) is 16.1 Å². The SMILES string of the molecule is O=C(NCc1cccs1)C(=O)Nc1c2c(nn1-c1cccc(Cl)c1)CSC2. The van der Waals surface area contributed by atoms with Crippen LogP contribution in [-0.4, -0.2) is 21.6 Å². The van der Waals surface area contributed by atoms with Gasteiger partial charge in [-0.1, -0.05) is 23.7 Å². The van der Waals surface area contributed by atoms with E-state index in [0.717, 1.165) is 33.3 Å². The van der Waals surface area contributed by atoms with Crippen LogP contribution >= 0.6 is 34.7 Å². The summed E-state index contributed by atoms with van der Waals surface area (Å²) in [5.41, 5.74) is 2.59. The van der Waals surface area contributed by atoms with Crippen molar-refractivity contribution < 1.29 is 9.59 Å². The van der Waals surface area contributed by atoms with Crippen molar-refractivity contribution >= 4 is 52.3 Å². The second kappa shape index (κ2) is 7.75. The number of carbonyl (C=O) groups is 2. The van der Waals surface area contributed by atoms with Gasteiger partial charge in [0.05, 0.1) is 17.9 Å². The average Bonchev–Trinajstić information content (AvgIpc) is 3.38. The van der Waals surface area contributed by atoms with E-state index in [-0.39, 0.29) is 0 Å². The van der Waals surface area contributed by atoms with Crippen LogP contribution in [0.2, 0.25) is 5.02 Å². The van der Waals surface area contributed by atoms with E-state index in [1.807, 2.05) is 29.6 Å². The molecule has 0 spiro atoms. The first-order valence-electron chi connectivity index (χ1n) is 8.18. The molecule has 27 heavy (non-hydrogen) atoms. The van der Waals surface area contributed by atoms with Crippen molar-refractivity contribution in [2.24, 2.45) is 0 Å². The molecule has 1 aliphatic heterocycles. The van der Waals surface area contributed by atoms with Crippen molar-refractivity contribution in [1.29, 1.82) is 0 Å². The van der Waals surface area contributed by atoms with Crippen molar-refractivity contribution in [3.05, 3.63) is 62.9 Å². The van der Waals surface area contributed by atoms with Crippen molar-refractivity contribution in [3.8, 4) is 5.69 Å². The van der Waals surface area contributed by atoms with Crippen LogP contribution in [0.3, 0.4) is 0 Å². The summed E-state index contributed by atoms with van der Waals surface area (Å²) in [5.74, 6) is 0.642. The number of thioether (sulfide) groups is 1. The number of halogens is 1. The second-order valence-corrected chi connectivity index (χ2v) is 8.33. The number of amides is 2. The number of fused-ring (bicyclic) bond motifs is 1. The fraction of sp³-hybridized carbons (Fsp3) is 0.167. The van der Waals surface area contributed by atoms with Crippen LogP contribution in [0.5, 0.6) is 0 Å². The molecule has 6 nitrogen and oxygen atoms in total. The van der Waals surface area contributed by atoms with Crippen molar-refractivity contribution in [1.82, 2.24) is 15.1 Å². The number of rotatable bonds is 4. The minimum absolute atomic E-state index is 0.325. The Bertz CT molecular complexity index is 1000. The van der Waals surface area contributed by atoms with Crippen LogP contribution in [0.4, 0.5) is 5.82 Å². The van der Waals surface area contributed by atoms with Gasteiger partial charge in [0.15, 0.2) is 0 Å². The van der Waals surface area contributed by atoms with E-state index >= 15 is 0 Å². The molecule has 3 aromatic rings. The van der Waals surface area contributed by atoms with Crippen LogP contribution in [0, 0.1) is 0 Å². The lowest BCUT2D eigenvalue weighted by atomic mass is 10.2. The highest BCUT2D eigenvalue weighted by atomic mass is 35.5. The van der Waals surface area contributed by atoms with E-state index in [4.69, 9.17) is 11.6 Å². The number of anilines is 1. The summed E-state index contributed by atoms with van der Waals surface area (Å²) in [4.78, 5) is 25.6. The summed E-state index contributed by atoms with van der Waals surface area (Å²) in [6.45, 7) is 0.325. The molecule has 2 amide bonds. The number of nitrogens with one attached hydrogen (secondary N) is 2. The summed E-state index contributed by atoms with van der Waals surface area (Å²) in [6.07, 6.45) is 0. The second-order valence-electron chi connectivity index (χ2n) is 5.87. The monoisotopic (exact) mass is 418 g/mol. The molecule has 138 valence electrons. The third-order valence-corrected chi connectivity index (χ3v) is 6.13. The Morgan fingerprint density at radius 1 is 1.19 bits per heavy atom. The molecule has 3 heterocycles. The molecule has 0 saturated heterocycles. The van der Waals surface area contributed by atoms with E-state index in [9.17, 15) is 9.59 Å². The smallest absolute Gasteiger partial charge is 0.314 e. The van der Waals surface area contributed by atoms with Crippen LogP contribution in [-0.2, 0) is 27.6 Å². The highest BCUT2D eigenvalue weighted by Gasteiger charge is 2.26. The molecule has 2 N–H and O–H groups in total. The molecular weight excluding hydrogens is 404 g/mol. The predicted molar refractivity (Wildman–Crippen MR) is 108 cm³/mol. The van der Waals surface area contributed by atoms with Gasteiger partial charge < -0.3 is 10.6 Å². The lowest BCUT2D eigenvalue weighted by molar-refractivity contribution is -0.136. The topological polar surface area (TPSA) is 76.0 Å². The Hall–Kier alpha value is -2.29.